The number of halogens is 1. The van der Waals surface area contributed by atoms with E-state index in [2.05, 4.69) is 0 Å². The summed E-state index contributed by atoms with van der Waals surface area (Å²) in [5.74, 6) is -0.237. The molecule has 0 saturated heterocycles. The number of ether oxygens (including phenoxy) is 1. The molecule has 12 heavy (non-hydrogen) atoms. The van der Waals surface area contributed by atoms with Crippen LogP contribution in [0, 0.1) is 6.92 Å². The van der Waals surface area contributed by atoms with Crippen molar-refractivity contribution in [2.75, 3.05) is 0 Å². The molecule has 2 rings (SSSR count). The van der Waals surface area contributed by atoms with E-state index in [1.165, 1.54) is 0 Å². The van der Waals surface area contributed by atoms with E-state index in [0.29, 0.717) is 17.2 Å². The van der Waals surface area contributed by atoms with Gasteiger partial charge in [-0.05, 0) is 24.6 Å². The van der Waals surface area contributed by atoms with Gasteiger partial charge in [0.2, 0.25) is 0 Å². The molecule has 0 bridgehead atoms. The number of hydrogen-bond acceptors (Lipinski definition) is 2. The first-order valence-corrected chi connectivity index (χ1v) is 4.02. The van der Waals surface area contributed by atoms with Crippen molar-refractivity contribution in [1.82, 2.24) is 0 Å². The molecule has 0 fully saturated rings. The van der Waals surface area contributed by atoms with Gasteiger partial charge in [-0.2, -0.15) is 0 Å². The summed E-state index contributed by atoms with van der Waals surface area (Å²) in [4.78, 5) is 11.1. The van der Waals surface area contributed by atoms with E-state index in [4.69, 9.17) is 16.3 Å². The van der Waals surface area contributed by atoms with Gasteiger partial charge in [-0.1, -0.05) is 11.6 Å². The summed E-state index contributed by atoms with van der Waals surface area (Å²) in [6.45, 7) is 2.22. The highest BCUT2D eigenvalue weighted by Gasteiger charge is 2.23. The number of aryl methyl sites for hydroxylation is 1. The van der Waals surface area contributed by atoms with E-state index in [9.17, 15) is 4.79 Å². The lowest BCUT2D eigenvalue weighted by Crippen LogP contribution is -1.96. The summed E-state index contributed by atoms with van der Waals surface area (Å²) in [6.07, 6.45) is 0. The Kier molecular flexibility index (Phi) is 1.58. The molecule has 0 aliphatic carbocycles. The molecule has 0 radical (unpaired) electrons. The zero-order valence-electron chi connectivity index (χ0n) is 6.56. The highest BCUT2D eigenvalue weighted by atomic mass is 35.5. The summed E-state index contributed by atoms with van der Waals surface area (Å²) in [6, 6.07) is 3.54. The molecule has 1 aromatic carbocycles. The Morgan fingerprint density at radius 2 is 2.25 bits per heavy atom. The lowest BCUT2D eigenvalue weighted by atomic mass is 10.0. The van der Waals surface area contributed by atoms with Gasteiger partial charge in [-0.25, -0.2) is 4.79 Å². The highest BCUT2D eigenvalue weighted by Crippen LogP contribution is 2.26. The SMILES string of the molecule is Cc1cc(Cl)cc2c1C(=O)OC2. The van der Waals surface area contributed by atoms with Crippen molar-refractivity contribution < 1.29 is 9.53 Å². The minimum atomic E-state index is -0.237. The Hall–Kier alpha value is -1.02. The molecule has 0 aromatic heterocycles. The number of hydrogen-bond donors (Lipinski definition) is 0. The van der Waals surface area contributed by atoms with E-state index < -0.39 is 0 Å². The maximum absolute atomic E-state index is 11.1. The van der Waals surface area contributed by atoms with Gasteiger partial charge >= 0.3 is 5.97 Å². The fourth-order valence-corrected chi connectivity index (χ4v) is 1.73. The summed E-state index contributed by atoms with van der Waals surface area (Å²) in [7, 11) is 0. The molecule has 2 nitrogen and oxygen atoms in total. The third kappa shape index (κ3) is 0.994. The molecule has 0 N–H and O–H groups in total. The van der Waals surface area contributed by atoms with Crippen LogP contribution >= 0.6 is 11.6 Å². The second kappa shape index (κ2) is 2.49. The smallest absolute Gasteiger partial charge is 0.339 e. The van der Waals surface area contributed by atoms with Crippen LogP contribution in [0.4, 0.5) is 0 Å². The van der Waals surface area contributed by atoms with Crippen LogP contribution in [0.2, 0.25) is 5.02 Å². The average Bonchev–Trinajstić information content (AvgIpc) is 2.31. The van der Waals surface area contributed by atoms with Crippen LogP contribution < -0.4 is 0 Å². The van der Waals surface area contributed by atoms with Crippen molar-refractivity contribution >= 4 is 17.6 Å². The molecule has 62 valence electrons. The Morgan fingerprint density at radius 1 is 1.50 bits per heavy atom. The monoisotopic (exact) mass is 182 g/mol. The van der Waals surface area contributed by atoms with E-state index >= 15 is 0 Å². The number of fused-ring (bicyclic) bond motifs is 1. The van der Waals surface area contributed by atoms with Crippen LogP contribution in [0.25, 0.3) is 0 Å². The van der Waals surface area contributed by atoms with Crippen molar-refractivity contribution in [3.8, 4) is 0 Å². The van der Waals surface area contributed by atoms with Crippen LogP contribution in [0.15, 0.2) is 12.1 Å². The van der Waals surface area contributed by atoms with Gasteiger partial charge in [0, 0.05) is 10.6 Å². The normalized spacial score (nSPS) is 14.3. The second-order valence-corrected chi connectivity index (χ2v) is 3.27. The molecule has 0 saturated carbocycles. The molecular formula is C9H7ClO2. The van der Waals surface area contributed by atoms with Gasteiger partial charge in [0.15, 0.2) is 0 Å². The molecule has 0 atom stereocenters. The minimum Gasteiger partial charge on any atom is -0.457 e. The fraction of sp³-hybridized carbons (Fsp3) is 0.222. The summed E-state index contributed by atoms with van der Waals surface area (Å²) in [5, 5.41) is 0.657. The second-order valence-electron chi connectivity index (χ2n) is 2.83. The molecule has 0 spiro atoms. The first-order valence-electron chi connectivity index (χ1n) is 3.64. The van der Waals surface area contributed by atoms with E-state index in [0.717, 1.165) is 11.1 Å². The first-order chi connectivity index (χ1) is 5.68. The third-order valence-electron chi connectivity index (χ3n) is 1.94. The molecule has 1 heterocycles. The molecule has 0 unspecified atom stereocenters. The number of rotatable bonds is 0. The van der Waals surface area contributed by atoms with Gasteiger partial charge in [-0.15, -0.1) is 0 Å². The summed E-state index contributed by atoms with van der Waals surface area (Å²) in [5.41, 5.74) is 2.46. The summed E-state index contributed by atoms with van der Waals surface area (Å²) >= 11 is 5.81. The Bertz CT molecular complexity index is 358. The lowest BCUT2D eigenvalue weighted by Gasteiger charge is -1.99. The molecule has 1 aliphatic rings. The Morgan fingerprint density at radius 3 is 3.00 bits per heavy atom. The van der Waals surface area contributed by atoms with Crippen LogP contribution in [0.1, 0.15) is 21.5 Å². The van der Waals surface area contributed by atoms with E-state index in [1.807, 2.05) is 6.92 Å². The molecule has 0 amide bonds. The summed E-state index contributed by atoms with van der Waals surface area (Å²) < 4.78 is 4.86. The third-order valence-corrected chi connectivity index (χ3v) is 2.16. The Labute approximate surface area is 75.1 Å². The van der Waals surface area contributed by atoms with E-state index in [-0.39, 0.29) is 5.97 Å². The topological polar surface area (TPSA) is 26.3 Å². The van der Waals surface area contributed by atoms with Gasteiger partial charge in [0.25, 0.3) is 0 Å². The van der Waals surface area contributed by atoms with Crippen LogP contribution in [-0.2, 0) is 11.3 Å². The lowest BCUT2D eigenvalue weighted by molar-refractivity contribution is 0.0534. The number of carbonyl (C=O) groups is 1. The van der Waals surface area contributed by atoms with Crippen molar-refractivity contribution in [2.24, 2.45) is 0 Å². The van der Waals surface area contributed by atoms with E-state index in [1.54, 1.807) is 12.1 Å². The van der Waals surface area contributed by atoms with Crippen molar-refractivity contribution in [3.63, 3.8) is 0 Å². The van der Waals surface area contributed by atoms with Crippen molar-refractivity contribution in [3.05, 3.63) is 33.8 Å². The largest absolute Gasteiger partial charge is 0.457 e. The number of cyclic esters (lactones) is 1. The molecular weight excluding hydrogens is 176 g/mol. The minimum absolute atomic E-state index is 0.237. The van der Waals surface area contributed by atoms with Crippen LogP contribution in [-0.4, -0.2) is 5.97 Å². The quantitative estimate of drug-likeness (QED) is 0.576. The molecule has 3 heteroatoms. The number of carbonyl (C=O) groups excluding carboxylic acids is 1. The first kappa shape index (κ1) is 7.62. The van der Waals surface area contributed by atoms with Gasteiger partial charge in [-0.3, -0.25) is 0 Å². The van der Waals surface area contributed by atoms with Crippen LogP contribution in [0.5, 0.6) is 0 Å². The van der Waals surface area contributed by atoms with Gasteiger partial charge < -0.3 is 4.74 Å². The fourth-order valence-electron chi connectivity index (χ4n) is 1.43. The zero-order valence-corrected chi connectivity index (χ0v) is 7.31. The van der Waals surface area contributed by atoms with Crippen molar-refractivity contribution in [2.45, 2.75) is 13.5 Å². The maximum atomic E-state index is 11.1. The van der Waals surface area contributed by atoms with Crippen molar-refractivity contribution in [1.29, 1.82) is 0 Å². The van der Waals surface area contributed by atoms with Gasteiger partial charge in [0.05, 0.1) is 5.56 Å². The predicted octanol–water partition coefficient (Wildman–Crippen LogP) is 2.32. The number of benzene rings is 1. The standard InChI is InChI=1S/C9H7ClO2/c1-5-2-7(10)3-6-4-12-9(11)8(5)6/h2-3H,4H2,1H3. The zero-order chi connectivity index (χ0) is 8.72. The molecule has 1 aromatic rings. The predicted molar refractivity (Wildman–Crippen MR) is 45.3 cm³/mol. The molecule has 1 aliphatic heterocycles. The Balaban J connectivity index is 2.68. The van der Waals surface area contributed by atoms with Gasteiger partial charge in [0.1, 0.15) is 6.61 Å². The average molecular weight is 183 g/mol. The maximum Gasteiger partial charge on any atom is 0.339 e. The number of esters is 1. The highest BCUT2D eigenvalue weighted by molar-refractivity contribution is 6.30. The van der Waals surface area contributed by atoms with Crippen LogP contribution in [0.3, 0.4) is 0 Å².